The van der Waals surface area contributed by atoms with Crippen molar-refractivity contribution in [3.63, 3.8) is 0 Å². The van der Waals surface area contributed by atoms with E-state index in [0.717, 1.165) is 32.4 Å². The van der Waals surface area contributed by atoms with Crippen molar-refractivity contribution in [3.05, 3.63) is 0 Å². The van der Waals surface area contributed by atoms with Gasteiger partial charge in [0.2, 0.25) is 5.91 Å². The fraction of sp³-hybridized carbons (Fsp3) is 0.800. The maximum Gasteiger partial charge on any atom is 0.223 e. The van der Waals surface area contributed by atoms with Crippen LogP contribution in [0.2, 0.25) is 0 Å². The topological polar surface area (TPSA) is 70.1 Å². The molecule has 4 heteroatoms. The molecule has 1 saturated carbocycles. The number of hydrogen-bond donors (Lipinski definition) is 1. The highest BCUT2D eigenvalue weighted by atomic mass is 16.1. The summed E-state index contributed by atoms with van der Waals surface area (Å²) >= 11 is 0. The van der Waals surface area contributed by atoms with Gasteiger partial charge in [-0.15, -0.1) is 0 Å². The third-order valence-electron chi connectivity index (χ3n) is 3.43. The molecule has 0 bridgehead atoms. The van der Waals surface area contributed by atoms with Gasteiger partial charge in [-0.05, 0) is 12.8 Å². The lowest BCUT2D eigenvalue weighted by Crippen LogP contribution is -2.57. The fourth-order valence-corrected chi connectivity index (χ4v) is 2.49. The molecule has 2 fully saturated rings. The Morgan fingerprint density at radius 3 is 2.71 bits per heavy atom. The van der Waals surface area contributed by atoms with Crippen LogP contribution in [0, 0.1) is 23.2 Å². The molecule has 0 spiro atoms. The number of carbonyl (C=O) groups is 1. The molecule has 2 N–H and O–H groups in total. The quantitative estimate of drug-likeness (QED) is 0.676. The Bertz CT molecular complexity index is 278. The van der Waals surface area contributed by atoms with E-state index in [2.05, 4.69) is 11.0 Å². The van der Waals surface area contributed by atoms with Crippen LogP contribution in [0.3, 0.4) is 0 Å². The summed E-state index contributed by atoms with van der Waals surface area (Å²) in [6, 6.07) is 2.73. The summed E-state index contributed by atoms with van der Waals surface area (Å²) in [5.74, 6) is -0.00785. The number of hydrogen-bond acceptors (Lipinski definition) is 3. The molecule has 0 aromatic rings. The summed E-state index contributed by atoms with van der Waals surface area (Å²) in [5, 5.41) is 8.91. The molecule has 2 aliphatic rings. The number of nitrogens with two attached hydrogens (primary N) is 1. The SMILES string of the molecule is N#CC1CCCC1N1CC(C(N)=O)C1. The minimum Gasteiger partial charge on any atom is -0.369 e. The highest BCUT2D eigenvalue weighted by molar-refractivity contribution is 5.78. The Labute approximate surface area is 83.7 Å². The number of amides is 1. The Hall–Kier alpha value is -1.08. The first-order valence-electron chi connectivity index (χ1n) is 5.15. The molecule has 2 unspecified atom stereocenters. The molecule has 1 aliphatic heterocycles. The Balaban J connectivity index is 1.87. The third-order valence-corrected chi connectivity index (χ3v) is 3.43. The summed E-state index contributed by atoms with van der Waals surface area (Å²) in [4.78, 5) is 13.1. The van der Waals surface area contributed by atoms with E-state index < -0.39 is 0 Å². The first-order valence-corrected chi connectivity index (χ1v) is 5.15. The van der Waals surface area contributed by atoms with E-state index in [1.54, 1.807) is 0 Å². The first-order chi connectivity index (χ1) is 6.72. The highest BCUT2D eigenvalue weighted by Gasteiger charge is 2.40. The maximum absolute atomic E-state index is 10.8. The maximum atomic E-state index is 10.8. The molecule has 4 nitrogen and oxygen atoms in total. The van der Waals surface area contributed by atoms with Gasteiger partial charge in [-0.25, -0.2) is 0 Å². The molecule has 76 valence electrons. The van der Waals surface area contributed by atoms with E-state index in [-0.39, 0.29) is 17.7 Å². The summed E-state index contributed by atoms with van der Waals surface area (Å²) in [7, 11) is 0. The number of primary amides is 1. The van der Waals surface area contributed by atoms with Crippen molar-refractivity contribution in [1.29, 1.82) is 5.26 Å². The first kappa shape index (κ1) is 9.47. The van der Waals surface area contributed by atoms with E-state index in [4.69, 9.17) is 11.0 Å². The van der Waals surface area contributed by atoms with Crippen LogP contribution in [-0.4, -0.2) is 29.9 Å². The van der Waals surface area contributed by atoms with Gasteiger partial charge in [0.1, 0.15) is 0 Å². The van der Waals surface area contributed by atoms with E-state index in [9.17, 15) is 4.79 Å². The van der Waals surface area contributed by atoms with Crippen LogP contribution in [0.4, 0.5) is 0 Å². The van der Waals surface area contributed by atoms with Gasteiger partial charge in [0, 0.05) is 19.1 Å². The van der Waals surface area contributed by atoms with Crippen molar-refractivity contribution in [2.45, 2.75) is 25.3 Å². The van der Waals surface area contributed by atoms with Crippen molar-refractivity contribution >= 4 is 5.91 Å². The number of carbonyl (C=O) groups excluding carboxylic acids is 1. The van der Waals surface area contributed by atoms with Gasteiger partial charge in [-0.1, -0.05) is 6.42 Å². The van der Waals surface area contributed by atoms with Gasteiger partial charge in [-0.3, -0.25) is 9.69 Å². The average molecular weight is 193 g/mol. The molecule has 0 aromatic carbocycles. The van der Waals surface area contributed by atoms with Crippen LogP contribution >= 0.6 is 0 Å². The predicted molar refractivity (Wildman–Crippen MR) is 51.0 cm³/mol. The molecular formula is C10H15N3O. The van der Waals surface area contributed by atoms with E-state index in [1.807, 2.05) is 0 Å². The molecule has 1 heterocycles. The Morgan fingerprint density at radius 1 is 1.43 bits per heavy atom. The fourth-order valence-electron chi connectivity index (χ4n) is 2.49. The number of likely N-dealkylation sites (tertiary alicyclic amines) is 1. The largest absolute Gasteiger partial charge is 0.369 e. The summed E-state index contributed by atoms with van der Waals surface area (Å²) in [5.41, 5.74) is 5.20. The van der Waals surface area contributed by atoms with E-state index >= 15 is 0 Å². The van der Waals surface area contributed by atoms with Crippen LogP contribution in [0.5, 0.6) is 0 Å². The number of nitrogens with zero attached hydrogens (tertiary/aromatic N) is 2. The van der Waals surface area contributed by atoms with Crippen LogP contribution in [0.1, 0.15) is 19.3 Å². The molecule has 2 rings (SSSR count). The molecule has 1 aliphatic carbocycles. The zero-order valence-electron chi connectivity index (χ0n) is 8.15. The lowest BCUT2D eigenvalue weighted by atomic mass is 9.93. The van der Waals surface area contributed by atoms with Crippen LogP contribution in [0.25, 0.3) is 0 Å². The van der Waals surface area contributed by atoms with Gasteiger partial charge < -0.3 is 5.73 Å². The highest BCUT2D eigenvalue weighted by Crippen LogP contribution is 2.33. The Morgan fingerprint density at radius 2 is 2.14 bits per heavy atom. The van der Waals surface area contributed by atoms with Crippen LogP contribution in [-0.2, 0) is 4.79 Å². The van der Waals surface area contributed by atoms with Crippen molar-refractivity contribution in [1.82, 2.24) is 4.90 Å². The van der Waals surface area contributed by atoms with Gasteiger partial charge in [0.05, 0.1) is 17.9 Å². The minimum absolute atomic E-state index is 0.0231. The summed E-state index contributed by atoms with van der Waals surface area (Å²) < 4.78 is 0. The molecule has 1 amide bonds. The van der Waals surface area contributed by atoms with Crippen molar-refractivity contribution in [3.8, 4) is 6.07 Å². The van der Waals surface area contributed by atoms with Crippen molar-refractivity contribution in [2.75, 3.05) is 13.1 Å². The second kappa shape index (κ2) is 3.58. The average Bonchev–Trinajstić information content (AvgIpc) is 2.48. The zero-order valence-corrected chi connectivity index (χ0v) is 8.15. The normalized spacial score (nSPS) is 33.6. The lowest BCUT2D eigenvalue weighted by molar-refractivity contribution is -0.128. The van der Waals surface area contributed by atoms with Gasteiger partial charge >= 0.3 is 0 Å². The lowest BCUT2D eigenvalue weighted by Gasteiger charge is -2.42. The van der Waals surface area contributed by atoms with Crippen molar-refractivity contribution in [2.24, 2.45) is 17.6 Å². The zero-order chi connectivity index (χ0) is 10.1. The monoisotopic (exact) mass is 193 g/mol. The molecule has 0 radical (unpaired) electrons. The predicted octanol–water partition coefficient (Wildman–Crippen LogP) is 0.0958. The summed E-state index contributed by atoms with van der Waals surface area (Å²) in [6.45, 7) is 1.52. The van der Waals surface area contributed by atoms with Gasteiger partial charge in [0.15, 0.2) is 0 Å². The van der Waals surface area contributed by atoms with Crippen molar-refractivity contribution < 1.29 is 4.79 Å². The molecule has 1 saturated heterocycles. The third kappa shape index (κ3) is 1.48. The van der Waals surface area contributed by atoms with E-state index in [1.165, 1.54) is 0 Å². The minimum atomic E-state index is -0.201. The molecule has 0 aromatic heterocycles. The summed E-state index contributed by atoms with van der Waals surface area (Å²) in [6.07, 6.45) is 3.25. The van der Waals surface area contributed by atoms with Crippen LogP contribution < -0.4 is 5.73 Å². The second-order valence-electron chi connectivity index (χ2n) is 4.29. The molecule has 14 heavy (non-hydrogen) atoms. The molecule has 2 atom stereocenters. The van der Waals surface area contributed by atoms with Crippen LogP contribution in [0.15, 0.2) is 0 Å². The van der Waals surface area contributed by atoms with Gasteiger partial charge in [0.25, 0.3) is 0 Å². The Kier molecular flexibility index (Phi) is 2.42. The second-order valence-corrected chi connectivity index (χ2v) is 4.29. The smallest absolute Gasteiger partial charge is 0.223 e. The van der Waals surface area contributed by atoms with Gasteiger partial charge in [-0.2, -0.15) is 5.26 Å². The standard InChI is InChI=1S/C10H15N3O/c11-4-7-2-1-3-9(7)13-5-8(6-13)10(12)14/h7-9H,1-3,5-6H2,(H2,12,14). The molecular weight excluding hydrogens is 178 g/mol. The number of nitriles is 1. The number of rotatable bonds is 2. The van der Waals surface area contributed by atoms with E-state index in [0.29, 0.717) is 6.04 Å².